The van der Waals surface area contributed by atoms with Crippen molar-refractivity contribution in [3.05, 3.63) is 50.7 Å². The highest BCUT2D eigenvalue weighted by molar-refractivity contribution is 7.16. The van der Waals surface area contributed by atoms with Crippen molar-refractivity contribution in [2.75, 3.05) is 20.8 Å². The number of benzene rings is 1. The molecule has 0 unspecified atom stereocenters. The molecule has 0 bridgehead atoms. The molecule has 5 nitrogen and oxygen atoms in total. The van der Waals surface area contributed by atoms with E-state index in [0.29, 0.717) is 22.2 Å². The maximum Gasteiger partial charge on any atom is 0.337 e. The normalized spacial score (nSPS) is 10.3. The van der Waals surface area contributed by atoms with Gasteiger partial charge >= 0.3 is 5.97 Å². The van der Waals surface area contributed by atoms with Gasteiger partial charge in [0, 0.05) is 11.9 Å². The fraction of sp³-hybridized carbons (Fsp3) is 0.294. The Hall–Kier alpha value is -2.05. The summed E-state index contributed by atoms with van der Waals surface area (Å²) in [5.74, 6) is -0.126. The number of likely N-dealkylation sites (N-methyl/N-ethyl adjacent to an activating group) is 1. The van der Waals surface area contributed by atoms with E-state index < -0.39 is 5.97 Å². The number of halogens is 1. The van der Waals surface area contributed by atoms with Crippen molar-refractivity contribution in [2.45, 2.75) is 13.5 Å². The van der Waals surface area contributed by atoms with E-state index in [9.17, 15) is 9.59 Å². The van der Waals surface area contributed by atoms with E-state index >= 15 is 0 Å². The molecule has 7 heteroatoms. The SMILES string of the molecule is COC(=O)c1ccc(C)c(OCC(=O)N(C)Cc2ccc(Cl)s2)c1. The monoisotopic (exact) mass is 367 g/mol. The van der Waals surface area contributed by atoms with Gasteiger partial charge in [-0.3, -0.25) is 4.79 Å². The van der Waals surface area contributed by atoms with Crippen LogP contribution in [0.25, 0.3) is 0 Å². The van der Waals surface area contributed by atoms with Gasteiger partial charge in [0.1, 0.15) is 5.75 Å². The number of amides is 1. The quantitative estimate of drug-likeness (QED) is 0.733. The minimum absolute atomic E-state index is 0.110. The maximum absolute atomic E-state index is 12.2. The fourth-order valence-electron chi connectivity index (χ4n) is 2.01. The van der Waals surface area contributed by atoms with Gasteiger partial charge < -0.3 is 14.4 Å². The molecule has 2 aromatic rings. The smallest absolute Gasteiger partial charge is 0.337 e. The van der Waals surface area contributed by atoms with Gasteiger partial charge in [0.2, 0.25) is 0 Å². The summed E-state index contributed by atoms with van der Waals surface area (Å²) >= 11 is 7.32. The Morgan fingerprint density at radius 2 is 2.00 bits per heavy atom. The standard InChI is InChI=1S/C17H18ClNO4S/c1-11-4-5-12(17(21)22-3)8-14(11)23-10-16(20)19(2)9-13-6-7-15(18)24-13/h4-8H,9-10H2,1-3H3. The zero-order valence-corrected chi connectivity index (χ0v) is 15.2. The second-order valence-corrected chi connectivity index (χ2v) is 7.02. The minimum atomic E-state index is -0.446. The lowest BCUT2D eigenvalue weighted by atomic mass is 10.1. The van der Waals surface area contributed by atoms with E-state index in [0.717, 1.165) is 10.4 Å². The average molecular weight is 368 g/mol. The molecule has 1 amide bonds. The summed E-state index contributed by atoms with van der Waals surface area (Å²) in [5, 5.41) is 0. The summed E-state index contributed by atoms with van der Waals surface area (Å²) in [6.07, 6.45) is 0. The van der Waals surface area contributed by atoms with Gasteiger partial charge in [-0.05, 0) is 36.8 Å². The predicted octanol–water partition coefficient (Wildman–Crippen LogP) is 3.53. The zero-order chi connectivity index (χ0) is 17.7. The number of rotatable bonds is 6. The van der Waals surface area contributed by atoms with Crippen LogP contribution in [0.3, 0.4) is 0 Å². The summed E-state index contributed by atoms with van der Waals surface area (Å²) in [7, 11) is 3.02. The van der Waals surface area contributed by atoms with E-state index in [1.54, 1.807) is 36.2 Å². The highest BCUT2D eigenvalue weighted by Crippen LogP contribution is 2.23. The first-order valence-electron chi connectivity index (χ1n) is 7.20. The van der Waals surface area contributed by atoms with Crippen LogP contribution in [0.5, 0.6) is 5.75 Å². The van der Waals surface area contributed by atoms with Crippen LogP contribution in [0, 0.1) is 6.92 Å². The van der Waals surface area contributed by atoms with Crippen LogP contribution in [0.15, 0.2) is 30.3 Å². The summed E-state index contributed by atoms with van der Waals surface area (Å²) in [5.41, 5.74) is 1.22. The minimum Gasteiger partial charge on any atom is -0.483 e. The van der Waals surface area contributed by atoms with Gasteiger partial charge in [0.15, 0.2) is 6.61 Å². The van der Waals surface area contributed by atoms with Crippen LogP contribution in [-0.2, 0) is 16.1 Å². The van der Waals surface area contributed by atoms with Gasteiger partial charge in [-0.2, -0.15) is 0 Å². The van der Waals surface area contributed by atoms with Crippen molar-refractivity contribution in [1.29, 1.82) is 0 Å². The fourth-order valence-corrected chi connectivity index (χ4v) is 3.15. The Morgan fingerprint density at radius 1 is 1.25 bits per heavy atom. The van der Waals surface area contributed by atoms with Crippen LogP contribution >= 0.6 is 22.9 Å². The van der Waals surface area contributed by atoms with Crippen molar-refractivity contribution in [3.63, 3.8) is 0 Å². The average Bonchev–Trinajstić information content (AvgIpc) is 2.97. The molecular weight excluding hydrogens is 350 g/mol. The summed E-state index contributed by atoms with van der Waals surface area (Å²) in [4.78, 5) is 26.3. The summed E-state index contributed by atoms with van der Waals surface area (Å²) in [6, 6.07) is 8.68. The number of nitrogens with zero attached hydrogens (tertiary/aromatic N) is 1. The molecule has 0 spiro atoms. The molecule has 0 aliphatic heterocycles. The van der Waals surface area contributed by atoms with Crippen molar-refractivity contribution < 1.29 is 19.1 Å². The lowest BCUT2D eigenvalue weighted by molar-refractivity contribution is -0.132. The second-order valence-electron chi connectivity index (χ2n) is 5.22. The Labute approximate surface area is 149 Å². The van der Waals surface area contributed by atoms with Crippen molar-refractivity contribution in [2.24, 2.45) is 0 Å². The van der Waals surface area contributed by atoms with Gasteiger partial charge in [-0.25, -0.2) is 4.79 Å². The van der Waals surface area contributed by atoms with Crippen molar-refractivity contribution in [1.82, 2.24) is 4.90 Å². The molecular formula is C17H18ClNO4S. The molecule has 2 rings (SSSR count). The number of aryl methyl sites for hydroxylation is 1. The molecule has 0 aliphatic rings. The van der Waals surface area contributed by atoms with E-state index in [2.05, 4.69) is 4.74 Å². The third kappa shape index (κ3) is 4.72. The summed E-state index contributed by atoms with van der Waals surface area (Å²) < 4.78 is 11.0. The van der Waals surface area contributed by atoms with Crippen LogP contribution < -0.4 is 4.74 Å². The molecule has 1 aromatic carbocycles. The number of methoxy groups -OCH3 is 1. The first kappa shape index (κ1) is 18.3. The molecule has 0 atom stereocenters. The van der Waals surface area contributed by atoms with Gasteiger partial charge in [-0.15, -0.1) is 11.3 Å². The van der Waals surface area contributed by atoms with Crippen LogP contribution in [0.1, 0.15) is 20.8 Å². The van der Waals surface area contributed by atoms with Gasteiger partial charge in [0.05, 0.1) is 23.6 Å². The predicted molar refractivity (Wildman–Crippen MR) is 93.8 cm³/mol. The molecule has 0 saturated heterocycles. The molecule has 128 valence electrons. The summed E-state index contributed by atoms with van der Waals surface area (Å²) in [6.45, 7) is 2.21. The molecule has 0 aliphatic carbocycles. The lowest BCUT2D eigenvalue weighted by Crippen LogP contribution is -2.30. The molecule has 0 radical (unpaired) electrons. The number of carbonyl (C=O) groups excluding carboxylic acids is 2. The number of ether oxygens (including phenoxy) is 2. The second kappa shape index (κ2) is 8.17. The van der Waals surface area contributed by atoms with Gasteiger partial charge in [-0.1, -0.05) is 17.7 Å². The largest absolute Gasteiger partial charge is 0.483 e. The van der Waals surface area contributed by atoms with Crippen LogP contribution in [0.2, 0.25) is 4.34 Å². The van der Waals surface area contributed by atoms with Crippen molar-refractivity contribution >= 4 is 34.8 Å². The maximum atomic E-state index is 12.2. The topological polar surface area (TPSA) is 55.8 Å². The van der Waals surface area contributed by atoms with Crippen molar-refractivity contribution in [3.8, 4) is 5.75 Å². The molecule has 0 fully saturated rings. The van der Waals surface area contributed by atoms with E-state index in [-0.39, 0.29) is 12.5 Å². The Balaban J connectivity index is 1.96. The third-order valence-corrected chi connectivity index (χ3v) is 4.62. The van der Waals surface area contributed by atoms with E-state index in [1.165, 1.54) is 18.4 Å². The highest BCUT2D eigenvalue weighted by Gasteiger charge is 2.14. The number of carbonyl (C=O) groups is 2. The molecule has 1 heterocycles. The third-order valence-electron chi connectivity index (χ3n) is 3.41. The first-order chi connectivity index (χ1) is 11.4. The molecule has 24 heavy (non-hydrogen) atoms. The molecule has 1 aromatic heterocycles. The van der Waals surface area contributed by atoms with E-state index in [1.807, 2.05) is 13.0 Å². The van der Waals surface area contributed by atoms with Gasteiger partial charge in [0.25, 0.3) is 5.91 Å². The number of hydrogen-bond donors (Lipinski definition) is 0. The molecule has 0 N–H and O–H groups in total. The Bertz CT molecular complexity index is 744. The lowest BCUT2D eigenvalue weighted by Gasteiger charge is -2.17. The highest BCUT2D eigenvalue weighted by atomic mass is 35.5. The zero-order valence-electron chi connectivity index (χ0n) is 13.7. The number of esters is 1. The Kier molecular flexibility index (Phi) is 6.23. The Morgan fingerprint density at radius 3 is 2.62 bits per heavy atom. The molecule has 0 saturated carbocycles. The number of thiophene rings is 1. The van der Waals surface area contributed by atoms with Crippen LogP contribution in [-0.4, -0.2) is 37.5 Å². The van der Waals surface area contributed by atoms with E-state index in [4.69, 9.17) is 16.3 Å². The number of hydrogen-bond acceptors (Lipinski definition) is 5. The van der Waals surface area contributed by atoms with Crippen LogP contribution in [0.4, 0.5) is 0 Å². The first-order valence-corrected chi connectivity index (χ1v) is 8.40.